The highest BCUT2D eigenvalue weighted by atomic mass is 35.5. The highest BCUT2D eigenvalue weighted by Gasteiger charge is 2.33. The van der Waals surface area contributed by atoms with Crippen molar-refractivity contribution in [2.75, 3.05) is 20.3 Å². The zero-order valence-electron chi connectivity index (χ0n) is 21.8. The molecule has 0 amide bonds. The summed E-state index contributed by atoms with van der Waals surface area (Å²) in [5.74, 6) is -1.68. The SMILES string of the molecule is COCCOC(=O)C1=C(C)N=c2s/c(=C\c3c(F)cccc3Cl)c(=O)n2[C@H]1c1ccc(OC(=O)c2ccco2)cc1. The minimum atomic E-state index is -0.936. The fourth-order valence-electron chi connectivity index (χ4n) is 4.24. The van der Waals surface area contributed by atoms with Gasteiger partial charge in [0, 0.05) is 12.7 Å². The number of allylic oxidation sites excluding steroid dienone is 1. The van der Waals surface area contributed by atoms with E-state index in [2.05, 4.69) is 4.99 Å². The van der Waals surface area contributed by atoms with Gasteiger partial charge in [-0.1, -0.05) is 41.1 Å². The number of rotatable bonds is 8. The Morgan fingerprint density at radius 1 is 1.12 bits per heavy atom. The van der Waals surface area contributed by atoms with Crippen molar-refractivity contribution in [3.8, 4) is 5.75 Å². The Hall–Kier alpha value is -4.32. The number of ether oxygens (including phenoxy) is 3. The number of carbonyl (C=O) groups excluding carboxylic acids is 2. The summed E-state index contributed by atoms with van der Waals surface area (Å²) >= 11 is 7.23. The fourth-order valence-corrected chi connectivity index (χ4v) is 5.49. The van der Waals surface area contributed by atoms with Crippen LogP contribution in [0.2, 0.25) is 5.02 Å². The summed E-state index contributed by atoms with van der Waals surface area (Å²) < 4.78 is 36.9. The van der Waals surface area contributed by atoms with E-state index in [9.17, 15) is 18.8 Å². The molecule has 1 atom stereocenters. The first-order valence-electron chi connectivity index (χ1n) is 12.3. The van der Waals surface area contributed by atoms with Gasteiger partial charge in [-0.25, -0.2) is 19.0 Å². The monoisotopic (exact) mass is 596 g/mol. The van der Waals surface area contributed by atoms with E-state index in [4.69, 9.17) is 30.2 Å². The molecule has 12 heteroatoms. The van der Waals surface area contributed by atoms with E-state index in [0.717, 1.165) is 11.3 Å². The van der Waals surface area contributed by atoms with E-state index in [1.165, 1.54) is 60.4 Å². The lowest BCUT2D eigenvalue weighted by atomic mass is 9.96. The third kappa shape index (κ3) is 5.78. The Morgan fingerprint density at radius 3 is 2.59 bits per heavy atom. The molecule has 5 rings (SSSR count). The van der Waals surface area contributed by atoms with Gasteiger partial charge in [0.05, 0.1) is 39.7 Å². The quantitative estimate of drug-likeness (QED) is 0.172. The number of thiazole rings is 1. The lowest BCUT2D eigenvalue weighted by molar-refractivity contribution is -0.140. The number of aromatic nitrogens is 1. The van der Waals surface area contributed by atoms with Crippen molar-refractivity contribution >= 4 is 41.0 Å². The molecule has 4 aromatic rings. The largest absolute Gasteiger partial charge is 0.460 e. The van der Waals surface area contributed by atoms with Crippen LogP contribution in [0, 0.1) is 5.82 Å². The highest BCUT2D eigenvalue weighted by molar-refractivity contribution is 7.07. The van der Waals surface area contributed by atoms with Crippen molar-refractivity contribution in [1.82, 2.24) is 4.57 Å². The summed E-state index contributed by atoms with van der Waals surface area (Å²) in [5, 5.41) is 0.144. The molecule has 0 fully saturated rings. The van der Waals surface area contributed by atoms with Crippen LogP contribution in [0.1, 0.15) is 34.6 Å². The second kappa shape index (κ2) is 12.0. The Morgan fingerprint density at radius 2 is 1.90 bits per heavy atom. The molecule has 0 radical (unpaired) electrons. The molecule has 9 nitrogen and oxygen atoms in total. The molecule has 0 unspecified atom stereocenters. The van der Waals surface area contributed by atoms with Crippen LogP contribution < -0.4 is 19.6 Å². The summed E-state index contributed by atoms with van der Waals surface area (Å²) in [6.07, 6.45) is 2.73. The Labute approximate surface area is 241 Å². The molecule has 2 aromatic carbocycles. The maximum absolute atomic E-state index is 14.5. The van der Waals surface area contributed by atoms with Gasteiger partial charge in [0.25, 0.3) is 5.56 Å². The van der Waals surface area contributed by atoms with Crippen LogP contribution in [0.15, 0.2) is 86.3 Å². The highest BCUT2D eigenvalue weighted by Crippen LogP contribution is 2.32. The average Bonchev–Trinajstić information content (AvgIpc) is 3.59. The van der Waals surface area contributed by atoms with Crippen LogP contribution in [0.25, 0.3) is 6.08 Å². The molecule has 0 bridgehead atoms. The van der Waals surface area contributed by atoms with Gasteiger partial charge in [0.15, 0.2) is 4.80 Å². The zero-order chi connectivity index (χ0) is 29.1. The van der Waals surface area contributed by atoms with E-state index in [1.807, 2.05) is 0 Å². The first-order chi connectivity index (χ1) is 19.8. The molecule has 1 aliphatic rings. The molecule has 0 N–H and O–H groups in total. The minimum absolute atomic E-state index is 0.00327. The third-order valence-corrected chi connectivity index (χ3v) is 7.48. The van der Waals surface area contributed by atoms with Gasteiger partial charge in [0.2, 0.25) is 5.76 Å². The smallest absolute Gasteiger partial charge is 0.379 e. The summed E-state index contributed by atoms with van der Waals surface area (Å²) in [4.78, 5) is 44.1. The van der Waals surface area contributed by atoms with Crippen molar-refractivity contribution < 1.29 is 32.6 Å². The lowest BCUT2D eigenvalue weighted by Gasteiger charge is -2.25. The van der Waals surface area contributed by atoms with Gasteiger partial charge in [0.1, 0.15) is 18.2 Å². The number of halogens is 2. The van der Waals surface area contributed by atoms with Crippen LogP contribution in [0.3, 0.4) is 0 Å². The van der Waals surface area contributed by atoms with Crippen LogP contribution in [-0.4, -0.2) is 36.8 Å². The molecule has 2 aromatic heterocycles. The predicted molar refractivity (Wildman–Crippen MR) is 148 cm³/mol. The van der Waals surface area contributed by atoms with Crippen LogP contribution in [-0.2, 0) is 14.3 Å². The van der Waals surface area contributed by atoms with Gasteiger partial charge in [-0.3, -0.25) is 9.36 Å². The molecule has 3 heterocycles. The first-order valence-corrected chi connectivity index (χ1v) is 13.5. The number of carbonyl (C=O) groups is 2. The van der Waals surface area contributed by atoms with Crippen molar-refractivity contribution in [2.45, 2.75) is 13.0 Å². The van der Waals surface area contributed by atoms with Crippen molar-refractivity contribution in [3.05, 3.63) is 120 Å². The third-order valence-electron chi connectivity index (χ3n) is 6.17. The number of furan rings is 1. The Balaban J connectivity index is 1.59. The van der Waals surface area contributed by atoms with Gasteiger partial charge in [-0.15, -0.1) is 0 Å². The molecule has 210 valence electrons. The standard InChI is InChI=1S/C29H22ClFN2O7S/c1-16-24(28(36)39-14-13-37-2)25(17-8-10-18(11-9-17)40-27(35)22-7-4-12-38-22)33-26(34)23(41-29(33)32-16)15-19-20(30)5-3-6-21(19)31/h3-12,15,25H,13-14H2,1-2H3/b23-15-/t25-/m0/s1. The Kier molecular flexibility index (Phi) is 8.29. The number of hydrogen-bond donors (Lipinski definition) is 0. The van der Waals surface area contributed by atoms with Gasteiger partial charge < -0.3 is 18.6 Å². The van der Waals surface area contributed by atoms with Crippen molar-refractivity contribution in [1.29, 1.82) is 0 Å². The van der Waals surface area contributed by atoms with Crippen LogP contribution in [0.5, 0.6) is 5.75 Å². The van der Waals surface area contributed by atoms with Gasteiger partial charge in [-0.2, -0.15) is 0 Å². The number of benzene rings is 2. The summed E-state index contributed by atoms with van der Waals surface area (Å²) in [7, 11) is 1.48. The molecule has 0 saturated heterocycles. The molecular formula is C29H22ClFN2O7S. The average molecular weight is 597 g/mol. The Bertz CT molecular complexity index is 1810. The molecule has 41 heavy (non-hydrogen) atoms. The fraction of sp³-hybridized carbons (Fsp3) is 0.172. The summed E-state index contributed by atoms with van der Waals surface area (Å²) in [6, 6.07) is 12.7. The second-order valence-electron chi connectivity index (χ2n) is 8.78. The van der Waals surface area contributed by atoms with Crippen molar-refractivity contribution in [2.24, 2.45) is 4.99 Å². The molecular weight excluding hydrogens is 575 g/mol. The van der Waals surface area contributed by atoms with E-state index in [1.54, 1.807) is 25.1 Å². The molecule has 0 saturated carbocycles. The predicted octanol–water partition coefficient (Wildman–Crippen LogP) is 4.03. The zero-order valence-corrected chi connectivity index (χ0v) is 23.3. The topological polar surface area (TPSA) is 109 Å². The van der Waals surface area contributed by atoms with E-state index >= 15 is 0 Å². The maximum Gasteiger partial charge on any atom is 0.379 e. The van der Waals surface area contributed by atoms with E-state index in [0.29, 0.717) is 16.1 Å². The van der Waals surface area contributed by atoms with Crippen LogP contribution in [0.4, 0.5) is 4.39 Å². The second-order valence-corrected chi connectivity index (χ2v) is 10.2. The number of fused-ring (bicyclic) bond motifs is 1. The summed E-state index contributed by atoms with van der Waals surface area (Å²) in [6.45, 7) is 1.82. The number of esters is 2. The molecule has 1 aliphatic heterocycles. The molecule has 0 spiro atoms. The first kappa shape index (κ1) is 28.2. The molecule has 0 aliphatic carbocycles. The van der Waals surface area contributed by atoms with Crippen molar-refractivity contribution in [3.63, 3.8) is 0 Å². The summed E-state index contributed by atoms with van der Waals surface area (Å²) in [5.41, 5.74) is 0.578. The number of methoxy groups -OCH3 is 1. The normalized spacial score (nSPS) is 14.9. The van der Waals surface area contributed by atoms with E-state index in [-0.39, 0.29) is 45.4 Å². The van der Waals surface area contributed by atoms with Crippen LogP contribution >= 0.6 is 22.9 Å². The van der Waals surface area contributed by atoms with Gasteiger partial charge >= 0.3 is 11.9 Å². The maximum atomic E-state index is 14.5. The lowest BCUT2D eigenvalue weighted by Crippen LogP contribution is -2.40. The number of hydrogen-bond acceptors (Lipinski definition) is 9. The van der Waals surface area contributed by atoms with Gasteiger partial charge in [-0.05, 0) is 55.0 Å². The minimum Gasteiger partial charge on any atom is -0.460 e. The number of nitrogens with zero attached hydrogens (tertiary/aromatic N) is 2. The van der Waals surface area contributed by atoms with E-state index < -0.39 is 29.4 Å².